The minimum Gasteiger partial charge on any atom is -0.503 e. The normalized spacial score (nSPS) is 11.2. The number of benzene rings is 2. The number of aromatic hydroxyl groups is 2. The van der Waals surface area contributed by atoms with Crippen LogP contribution in [0.4, 0.5) is 0 Å². The lowest BCUT2D eigenvalue weighted by molar-refractivity contribution is 0.101. The topological polar surface area (TPSA) is 97.7 Å². The molecule has 0 saturated carbocycles. The van der Waals surface area contributed by atoms with Crippen molar-refractivity contribution in [2.24, 2.45) is 0 Å². The fourth-order valence-corrected chi connectivity index (χ4v) is 4.91. The summed E-state index contributed by atoms with van der Waals surface area (Å²) in [4.78, 5) is 18.0. The van der Waals surface area contributed by atoms with Crippen molar-refractivity contribution in [1.82, 2.24) is 9.55 Å². The Kier molecular flexibility index (Phi) is 5.11. The summed E-state index contributed by atoms with van der Waals surface area (Å²) in [6.07, 6.45) is 0. The van der Waals surface area contributed by atoms with Gasteiger partial charge in [-0.2, -0.15) is 0 Å². The van der Waals surface area contributed by atoms with E-state index in [0.29, 0.717) is 32.7 Å². The van der Waals surface area contributed by atoms with Crippen molar-refractivity contribution in [3.8, 4) is 33.8 Å². The van der Waals surface area contributed by atoms with E-state index < -0.39 is 17.4 Å². The number of methoxy groups -OCH3 is 1. The predicted octanol–water partition coefficient (Wildman–Crippen LogP) is 5.96. The number of ketones is 1. The molecular formula is C24H17ClN2O5S. The summed E-state index contributed by atoms with van der Waals surface area (Å²) in [6, 6.07) is 15.4. The minimum atomic E-state index is -0.573. The number of carbonyl (C=O) groups excluding carboxylic acids is 1. The van der Waals surface area contributed by atoms with Crippen LogP contribution in [-0.4, -0.2) is 32.7 Å². The Morgan fingerprint density at radius 1 is 1.15 bits per heavy atom. The molecule has 5 rings (SSSR count). The Bertz CT molecular complexity index is 1530. The standard InChI is InChI=1S/C24H17ClN2O5S/c1-12-6-9-17(32-12)21(28)19-20(13-4-3-5-15(10-13)31-2)27(23(30)22(19)29)24-26-16-8-7-14(25)11-18(16)33-24/h3-11,29-30H,1-2H3. The van der Waals surface area contributed by atoms with Crippen LogP contribution in [0.1, 0.15) is 21.9 Å². The van der Waals surface area contributed by atoms with E-state index in [0.717, 1.165) is 4.70 Å². The summed E-state index contributed by atoms with van der Waals surface area (Å²) in [7, 11) is 1.53. The first-order valence-electron chi connectivity index (χ1n) is 9.86. The lowest BCUT2D eigenvalue weighted by Crippen LogP contribution is -2.04. The Hall–Kier alpha value is -3.75. The Balaban J connectivity index is 1.82. The van der Waals surface area contributed by atoms with Crippen molar-refractivity contribution in [2.45, 2.75) is 6.92 Å². The summed E-state index contributed by atoms with van der Waals surface area (Å²) < 4.78 is 13.0. The van der Waals surface area contributed by atoms with E-state index in [1.165, 1.54) is 29.1 Å². The van der Waals surface area contributed by atoms with E-state index in [-0.39, 0.29) is 17.0 Å². The van der Waals surface area contributed by atoms with Crippen molar-refractivity contribution in [3.05, 3.63) is 76.7 Å². The van der Waals surface area contributed by atoms with Crippen LogP contribution in [0.2, 0.25) is 5.02 Å². The van der Waals surface area contributed by atoms with Crippen LogP contribution < -0.4 is 4.74 Å². The van der Waals surface area contributed by atoms with Crippen molar-refractivity contribution in [3.63, 3.8) is 0 Å². The molecule has 0 amide bonds. The lowest BCUT2D eigenvalue weighted by atomic mass is 10.0. The highest BCUT2D eigenvalue weighted by Gasteiger charge is 2.32. The molecule has 0 aliphatic rings. The van der Waals surface area contributed by atoms with Gasteiger partial charge in [0.05, 0.1) is 28.6 Å². The molecule has 0 spiro atoms. The Morgan fingerprint density at radius 3 is 2.70 bits per heavy atom. The SMILES string of the molecule is COc1cccc(-c2c(C(=O)c3ccc(C)o3)c(O)c(O)n2-c2nc3ccc(Cl)cc3s2)c1. The maximum absolute atomic E-state index is 13.4. The second kappa shape index (κ2) is 7.99. The van der Waals surface area contributed by atoms with Gasteiger partial charge < -0.3 is 19.4 Å². The van der Waals surface area contributed by atoms with E-state index in [1.807, 2.05) is 0 Å². The lowest BCUT2D eigenvalue weighted by Gasteiger charge is -2.10. The van der Waals surface area contributed by atoms with Gasteiger partial charge >= 0.3 is 0 Å². The number of ether oxygens (including phenoxy) is 1. The van der Waals surface area contributed by atoms with E-state index in [2.05, 4.69) is 4.98 Å². The summed E-state index contributed by atoms with van der Waals surface area (Å²) in [5.74, 6) is -0.513. The first-order valence-corrected chi connectivity index (χ1v) is 11.1. The van der Waals surface area contributed by atoms with E-state index in [9.17, 15) is 15.0 Å². The van der Waals surface area contributed by atoms with Crippen molar-refractivity contribution in [1.29, 1.82) is 0 Å². The fraction of sp³-hybridized carbons (Fsp3) is 0.0833. The van der Waals surface area contributed by atoms with E-state index >= 15 is 0 Å². The smallest absolute Gasteiger partial charge is 0.242 e. The molecular weight excluding hydrogens is 464 g/mol. The van der Waals surface area contributed by atoms with Gasteiger partial charge in [-0.15, -0.1) is 0 Å². The molecule has 33 heavy (non-hydrogen) atoms. The predicted molar refractivity (Wildman–Crippen MR) is 126 cm³/mol. The highest BCUT2D eigenvalue weighted by Crippen LogP contribution is 2.45. The second-order valence-electron chi connectivity index (χ2n) is 7.31. The maximum atomic E-state index is 13.4. The quantitative estimate of drug-likeness (QED) is 0.301. The zero-order valence-electron chi connectivity index (χ0n) is 17.5. The van der Waals surface area contributed by atoms with Crippen molar-refractivity contribution >= 4 is 38.9 Å². The van der Waals surface area contributed by atoms with Gasteiger partial charge in [0.1, 0.15) is 11.5 Å². The Morgan fingerprint density at radius 2 is 1.97 bits per heavy atom. The van der Waals surface area contributed by atoms with Crippen LogP contribution >= 0.6 is 22.9 Å². The number of nitrogens with zero attached hydrogens (tertiary/aromatic N) is 2. The molecule has 0 aliphatic carbocycles. The number of rotatable bonds is 5. The molecule has 0 bridgehead atoms. The first kappa shape index (κ1) is 21.1. The maximum Gasteiger partial charge on any atom is 0.242 e. The number of fused-ring (bicyclic) bond motifs is 1. The molecule has 2 N–H and O–H groups in total. The number of carbonyl (C=O) groups is 1. The molecule has 0 radical (unpaired) electrons. The fourth-order valence-electron chi connectivity index (χ4n) is 3.65. The molecule has 9 heteroatoms. The summed E-state index contributed by atoms with van der Waals surface area (Å²) in [5, 5.41) is 22.8. The third-order valence-corrected chi connectivity index (χ3v) is 6.42. The van der Waals surface area contributed by atoms with Gasteiger partial charge in [0.2, 0.25) is 11.7 Å². The van der Waals surface area contributed by atoms with Gasteiger partial charge in [0.25, 0.3) is 0 Å². The monoisotopic (exact) mass is 480 g/mol. The van der Waals surface area contributed by atoms with E-state index in [4.69, 9.17) is 20.8 Å². The third-order valence-electron chi connectivity index (χ3n) is 5.19. The average molecular weight is 481 g/mol. The summed E-state index contributed by atoms with van der Waals surface area (Å²) in [6.45, 7) is 1.72. The summed E-state index contributed by atoms with van der Waals surface area (Å²) >= 11 is 7.38. The number of hydrogen-bond donors (Lipinski definition) is 2. The molecule has 0 atom stereocenters. The number of furan rings is 1. The molecule has 3 heterocycles. The van der Waals surface area contributed by atoms with Gasteiger partial charge in [-0.25, -0.2) is 4.98 Å². The average Bonchev–Trinajstić information content (AvgIpc) is 3.49. The van der Waals surface area contributed by atoms with Crippen molar-refractivity contribution in [2.75, 3.05) is 7.11 Å². The highest BCUT2D eigenvalue weighted by molar-refractivity contribution is 7.20. The third kappa shape index (κ3) is 3.53. The van der Waals surface area contributed by atoms with Crippen LogP contribution in [0.5, 0.6) is 17.4 Å². The molecule has 0 unspecified atom stereocenters. The Labute approximate surface area is 197 Å². The number of aryl methyl sites for hydroxylation is 1. The molecule has 0 aliphatic heterocycles. The highest BCUT2D eigenvalue weighted by atomic mass is 35.5. The van der Waals surface area contributed by atoms with Gasteiger partial charge in [-0.1, -0.05) is 35.1 Å². The number of aromatic nitrogens is 2. The van der Waals surface area contributed by atoms with Crippen LogP contribution in [0.15, 0.2) is 59.0 Å². The minimum absolute atomic E-state index is 0.0418. The van der Waals surface area contributed by atoms with E-state index in [1.54, 1.807) is 55.5 Å². The number of halogens is 1. The largest absolute Gasteiger partial charge is 0.503 e. The molecule has 5 aromatic rings. The molecule has 7 nitrogen and oxygen atoms in total. The van der Waals surface area contributed by atoms with Gasteiger partial charge in [-0.05, 0) is 49.4 Å². The molecule has 2 aromatic carbocycles. The van der Waals surface area contributed by atoms with Crippen molar-refractivity contribution < 1.29 is 24.2 Å². The molecule has 0 fully saturated rings. The van der Waals surface area contributed by atoms with Gasteiger partial charge in [-0.3, -0.25) is 9.36 Å². The van der Waals surface area contributed by atoms with Gasteiger partial charge in [0.15, 0.2) is 16.6 Å². The summed E-state index contributed by atoms with van der Waals surface area (Å²) in [5.41, 5.74) is 1.35. The first-order chi connectivity index (χ1) is 15.9. The second-order valence-corrected chi connectivity index (χ2v) is 8.76. The van der Waals surface area contributed by atoms with Crippen LogP contribution in [0.3, 0.4) is 0 Å². The van der Waals surface area contributed by atoms with Gasteiger partial charge in [0, 0.05) is 10.6 Å². The van der Waals surface area contributed by atoms with Crippen LogP contribution in [-0.2, 0) is 0 Å². The van der Waals surface area contributed by atoms with Crippen LogP contribution in [0, 0.1) is 6.92 Å². The zero-order valence-corrected chi connectivity index (χ0v) is 19.1. The molecule has 0 saturated heterocycles. The van der Waals surface area contributed by atoms with Crippen LogP contribution in [0.25, 0.3) is 26.6 Å². The zero-order chi connectivity index (χ0) is 23.3. The molecule has 3 aromatic heterocycles. The number of thiazole rings is 1. The molecule has 166 valence electrons. The number of hydrogen-bond acceptors (Lipinski definition) is 7.